The fraction of sp³-hybridized carbons (Fsp3) is 0.280. The van der Waals surface area contributed by atoms with E-state index >= 15 is 0 Å². The minimum absolute atomic E-state index is 0.0105. The summed E-state index contributed by atoms with van der Waals surface area (Å²) >= 11 is 1.17. The predicted molar refractivity (Wildman–Crippen MR) is 129 cm³/mol. The monoisotopic (exact) mass is 481 g/mol. The number of amides is 1. The third-order valence-electron chi connectivity index (χ3n) is 4.85. The van der Waals surface area contributed by atoms with Gasteiger partial charge in [0.05, 0.1) is 26.0 Å². The largest absolute Gasteiger partial charge is 0.497 e. The van der Waals surface area contributed by atoms with E-state index in [4.69, 9.17) is 14.2 Å². The summed E-state index contributed by atoms with van der Waals surface area (Å²) in [5, 5.41) is 3.44. The lowest BCUT2D eigenvalue weighted by Gasteiger charge is -2.20. The topological polar surface area (TPSA) is 99.6 Å². The van der Waals surface area contributed by atoms with Crippen LogP contribution in [0.5, 0.6) is 11.5 Å². The first-order valence-electron chi connectivity index (χ1n) is 10.6. The number of benzene rings is 2. The van der Waals surface area contributed by atoms with E-state index in [1.165, 1.54) is 11.8 Å². The van der Waals surface area contributed by atoms with Crippen LogP contribution in [-0.2, 0) is 14.3 Å². The number of nitrogens with one attached hydrogen (secondary N) is 1. The van der Waals surface area contributed by atoms with Crippen LogP contribution >= 0.6 is 11.8 Å². The van der Waals surface area contributed by atoms with Gasteiger partial charge in [0.25, 0.3) is 5.91 Å². The molecule has 0 aliphatic carbocycles. The van der Waals surface area contributed by atoms with Crippen LogP contribution in [0.15, 0.2) is 59.8 Å². The van der Waals surface area contributed by atoms with Gasteiger partial charge in [0, 0.05) is 11.4 Å². The molecule has 0 aliphatic heterocycles. The van der Waals surface area contributed by atoms with Gasteiger partial charge in [-0.25, -0.2) is 9.97 Å². The van der Waals surface area contributed by atoms with Crippen LogP contribution in [0.4, 0.5) is 0 Å². The number of rotatable bonds is 10. The van der Waals surface area contributed by atoms with Crippen LogP contribution < -0.4 is 14.8 Å². The molecule has 178 valence electrons. The maximum absolute atomic E-state index is 12.6. The summed E-state index contributed by atoms with van der Waals surface area (Å²) in [4.78, 5) is 33.4. The Morgan fingerprint density at radius 1 is 0.882 bits per heavy atom. The summed E-state index contributed by atoms with van der Waals surface area (Å²) in [5.74, 6) is 0.493. The molecule has 0 bridgehead atoms. The lowest BCUT2D eigenvalue weighted by molar-refractivity contribution is -0.146. The molecule has 0 atom stereocenters. The first kappa shape index (κ1) is 25.0. The van der Waals surface area contributed by atoms with E-state index in [1.54, 1.807) is 14.2 Å². The van der Waals surface area contributed by atoms with E-state index in [9.17, 15) is 9.59 Å². The second-order valence-electron chi connectivity index (χ2n) is 7.43. The van der Waals surface area contributed by atoms with Gasteiger partial charge in [0.15, 0.2) is 11.8 Å². The van der Waals surface area contributed by atoms with Crippen molar-refractivity contribution in [1.82, 2.24) is 15.3 Å². The summed E-state index contributed by atoms with van der Waals surface area (Å²) < 4.78 is 15.6. The van der Waals surface area contributed by atoms with Gasteiger partial charge < -0.3 is 19.5 Å². The highest BCUT2D eigenvalue weighted by atomic mass is 32.2. The summed E-state index contributed by atoms with van der Waals surface area (Å²) in [6.07, 6.45) is 0. The van der Waals surface area contributed by atoms with Crippen LogP contribution in [-0.4, -0.2) is 48.4 Å². The van der Waals surface area contributed by atoms with Crippen molar-refractivity contribution in [3.8, 4) is 11.5 Å². The number of thioether (sulfide) groups is 1. The standard InChI is InChI=1S/C25H27N3O5S/c1-16-13-17(2)27-25(26-16)34-15-23(30)33-14-22(29)28-24(18-5-9-20(31-3)10-6-18)19-7-11-21(32-4)12-8-19/h5-13,24H,14-15H2,1-4H3,(H,28,29). The van der Waals surface area contributed by atoms with Crippen LogP contribution in [0.3, 0.4) is 0 Å². The molecule has 2 aromatic carbocycles. The van der Waals surface area contributed by atoms with Gasteiger partial charge in [-0.1, -0.05) is 36.0 Å². The molecular formula is C25H27N3O5S. The van der Waals surface area contributed by atoms with Gasteiger partial charge in [-0.05, 0) is 55.3 Å². The predicted octanol–water partition coefficient (Wildman–Crippen LogP) is 3.65. The number of aromatic nitrogens is 2. The third kappa shape index (κ3) is 7.21. The number of methoxy groups -OCH3 is 2. The number of aryl methyl sites for hydroxylation is 2. The Bertz CT molecular complexity index is 1050. The lowest BCUT2D eigenvalue weighted by Crippen LogP contribution is -2.33. The Morgan fingerprint density at radius 3 is 1.85 bits per heavy atom. The molecule has 1 heterocycles. The van der Waals surface area contributed by atoms with Crippen molar-refractivity contribution in [3.63, 3.8) is 0 Å². The fourth-order valence-corrected chi connectivity index (χ4v) is 3.97. The van der Waals surface area contributed by atoms with Crippen molar-refractivity contribution in [2.45, 2.75) is 25.0 Å². The van der Waals surface area contributed by atoms with Crippen molar-refractivity contribution in [2.24, 2.45) is 0 Å². The molecule has 8 nitrogen and oxygen atoms in total. The average molecular weight is 482 g/mol. The maximum atomic E-state index is 12.6. The van der Waals surface area contributed by atoms with E-state index < -0.39 is 24.5 Å². The molecule has 0 fully saturated rings. The number of esters is 1. The van der Waals surface area contributed by atoms with Crippen molar-refractivity contribution < 1.29 is 23.8 Å². The second kappa shape index (κ2) is 12.0. The highest BCUT2D eigenvalue weighted by Gasteiger charge is 2.19. The minimum Gasteiger partial charge on any atom is -0.497 e. The van der Waals surface area contributed by atoms with Crippen molar-refractivity contribution >= 4 is 23.6 Å². The Hall–Kier alpha value is -3.59. The van der Waals surface area contributed by atoms with E-state index in [2.05, 4.69) is 15.3 Å². The number of nitrogens with zero attached hydrogens (tertiary/aromatic N) is 2. The summed E-state index contributed by atoms with van der Waals surface area (Å²) in [7, 11) is 3.19. The summed E-state index contributed by atoms with van der Waals surface area (Å²) in [6.45, 7) is 3.34. The molecule has 0 spiro atoms. The molecule has 3 rings (SSSR count). The molecular weight excluding hydrogens is 454 g/mol. The Morgan fingerprint density at radius 2 is 1.38 bits per heavy atom. The molecule has 0 saturated carbocycles. The number of ether oxygens (including phenoxy) is 3. The molecule has 0 unspecified atom stereocenters. The van der Waals surface area contributed by atoms with Gasteiger partial charge >= 0.3 is 5.97 Å². The third-order valence-corrected chi connectivity index (χ3v) is 5.67. The summed E-state index contributed by atoms with van der Waals surface area (Å²) in [6, 6.07) is 16.2. The number of hydrogen-bond acceptors (Lipinski definition) is 8. The zero-order valence-electron chi connectivity index (χ0n) is 19.5. The van der Waals surface area contributed by atoms with E-state index in [0.29, 0.717) is 16.7 Å². The van der Waals surface area contributed by atoms with E-state index in [-0.39, 0.29) is 5.75 Å². The molecule has 0 saturated heterocycles. The fourth-order valence-electron chi connectivity index (χ4n) is 3.22. The maximum Gasteiger partial charge on any atom is 0.316 e. The highest BCUT2D eigenvalue weighted by Crippen LogP contribution is 2.26. The van der Waals surface area contributed by atoms with Crippen molar-refractivity contribution in [3.05, 3.63) is 77.1 Å². The van der Waals surface area contributed by atoms with E-state index in [0.717, 1.165) is 22.5 Å². The smallest absolute Gasteiger partial charge is 0.316 e. The number of carbonyl (C=O) groups is 2. The molecule has 0 radical (unpaired) electrons. The van der Waals surface area contributed by atoms with Crippen LogP contribution in [0.2, 0.25) is 0 Å². The molecule has 34 heavy (non-hydrogen) atoms. The van der Waals surface area contributed by atoms with Crippen LogP contribution in [0.1, 0.15) is 28.6 Å². The molecule has 1 aromatic heterocycles. The molecule has 1 amide bonds. The quantitative estimate of drug-likeness (QED) is 0.266. The van der Waals surface area contributed by atoms with Crippen molar-refractivity contribution in [1.29, 1.82) is 0 Å². The summed E-state index contributed by atoms with van der Waals surface area (Å²) in [5.41, 5.74) is 3.36. The molecule has 9 heteroatoms. The van der Waals surface area contributed by atoms with Gasteiger partial charge in [0.2, 0.25) is 0 Å². The number of hydrogen-bond donors (Lipinski definition) is 1. The average Bonchev–Trinajstić information content (AvgIpc) is 2.84. The Kier molecular flexibility index (Phi) is 8.86. The highest BCUT2D eigenvalue weighted by molar-refractivity contribution is 7.99. The number of carbonyl (C=O) groups excluding carboxylic acids is 2. The van der Waals surface area contributed by atoms with Gasteiger partial charge in [-0.3, -0.25) is 9.59 Å². The van der Waals surface area contributed by atoms with Gasteiger partial charge in [-0.2, -0.15) is 0 Å². The second-order valence-corrected chi connectivity index (χ2v) is 8.37. The van der Waals surface area contributed by atoms with Gasteiger partial charge in [0.1, 0.15) is 11.5 Å². The van der Waals surface area contributed by atoms with Crippen LogP contribution in [0, 0.1) is 13.8 Å². The lowest BCUT2D eigenvalue weighted by atomic mass is 9.98. The molecule has 1 N–H and O–H groups in total. The normalized spacial score (nSPS) is 10.6. The Labute approximate surface area is 203 Å². The molecule has 3 aromatic rings. The zero-order valence-corrected chi connectivity index (χ0v) is 20.3. The minimum atomic E-state index is -0.520. The van der Waals surface area contributed by atoms with Crippen LogP contribution in [0.25, 0.3) is 0 Å². The first-order valence-corrected chi connectivity index (χ1v) is 11.5. The van der Waals surface area contributed by atoms with Crippen molar-refractivity contribution in [2.75, 3.05) is 26.6 Å². The SMILES string of the molecule is COc1ccc(C(NC(=O)COC(=O)CSc2nc(C)cc(C)n2)c2ccc(OC)cc2)cc1. The zero-order chi connectivity index (χ0) is 24.5. The molecule has 0 aliphatic rings. The Balaban J connectivity index is 1.61. The van der Waals surface area contributed by atoms with E-state index in [1.807, 2.05) is 68.4 Å². The van der Waals surface area contributed by atoms with Gasteiger partial charge in [-0.15, -0.1) is 0 Å². The first-order chi connectivity index (χ1) is 16.4.